The summed E-state index contributed by atoms with van der Waals surface area (Å²) in [6.07, 6.45) is 0.164. The maximum Gasteiger partial charge on any atom is 0.359 e. The number of fused-ring (bicyclic) bond motifs is 1. The van der Waals surface area contributed by atoms with Gasteiger partial charge in [-0.3, -0.25) is 9.78 Å². The molecule has 0 bridgehead atoms. The van der Waals surface area contributed by atoms with E-state index in [9.17, 15) is 14.4 Å². The molecule has 0 aliphatic carbocycles. The second kappa shape index (κ2) is 10.2. The van der Waals surface area contributed by atoms with Crippen LogP contribution >= 0.6 is 11.3 Å². The number of aromatic nitrogens is 2. The van der Waals surface area contributed by atoms with E-state index in [4.69, 9.17) is 9.47 Å². The summed E-state index contributed by atoms with van der Waals surface area (Å²) in [5, 5.41) is 4.78. The van der Waals surface area contributed by atoms with Crippen molar-refractivity contribution >= 4 is 45.2 Å². The molecule has 0 aliphatic rings. The van der Waals surface area contributed by atoms with Gasteiger partial charge in [0.05, 0.1) is 23.8 Å². The van der Waals surface area contributed by atoms with E-state index in [2.05, 4.69) is 15.3 Å². The zero-order valence-corrected chi connectivity index (χ0v) is 19.3. The highest BCUT2D eigenvalue weighted by Gasteiger charge is 2.26. The Labute approximate surface area is 199 Å². The lowest BCUT2D eigenvalue weighted by Gasteiger charge is -2.14. The van der Waals surface area contributed by atoms with E-state index in [1.807, 2.05) is 36.4 Å². The molecule has 2 aromatic carbocycles. The molecule has 1 N–H and O–H groups in total. The number of hydrogen-bond donors (Lipinski definition) is 1. The highest BCUT2D eigenvalue weighted by atomic mass is 32.1. The summed E-state index contributed by atoms with van der Waals surface area (Å²) in [7, 11) is 0. The molecule has 8 nitrogen and oxygen atoms in total. The monoisotopic (exact) mass is 475 g/mol. The Balaban J connectivity index is 1.51. The van der Waals surface area contributed by atoms with Crippen molar-refractivity contribution in [1.82, 2.24) is 9.97 Å². The Morgan fingerprint density at radius 1 is 1.00 bits per heavy atom. The van der Waals surface area contributed by atoms with Crippen LogP contribution in [0, 0.1) is 0 Å². The van der Waals surface area contributed by atoms with Crippen LogP contribution in [0.3, 0.4) is 0 Å². The van der Waals surface area contributed by atoms with Gasteiger partial charge in [-0.2, -0.15) is 0 Å². The maximum absolute atomic E-state index is 12.8. The van der Waals surface area contributed by atoms with E-state index >= 15 is 0 Å². The minimum Gasteiger partial charge on any atom is -0.462 e. The molecule has 4 aromatic rings. The van der Waals surface area contributed by atoms with Crippen molar-refractivity contribution in [2.24, 2.45) is 0 Å². The Bertz CT molecular complexity index is 1350. The fraction of sp³-hybridized carbons (Fsp3) is 0.160. The SMILES string of the molecule is CCOC(=O)c1c(-c2ccccc2)csc1NC(=O)C(C)OC(=O)c1cnc2ccccc2n1. The predicted molar refractivity (Wildman–Crippen MR) is 129 cm³/mol. The third-order valence-corrected chi connectivity index (χ3v) is 5.80. The number of nitrogens with zero attached hydrogens (tertiary/aromatic N) is 2. The fourth-order valence-corrected chi connectivity index (χ4v) is 4.19. The average Bonchev–Trinajstić information content (AvgIpc) is 3.28. The number of rotatable bonds is 7. The zero-order valence-electron chi connectivity index (χ0n) is 18.5. The molecule has 34 heavy (non-hydrogen) atoms. The van der Waals surface area contributed by atoms with E-state index in [1.165, 1.54) is 24.5 Å². The van der Waals surface area contributed by atoms with Gasteiger partial charge >= 0.3 is 11.9 Å². The van der Waals surface area contributed by atoms with Crippen LogP contribution in [0.4, 0.5) is 5.00 Å². The first-order chi connectivity index (χ1) is 16.5. The average molecular weight is 476 g/mol. The first kappa shape index (κ1) is 23.1. The number of para-hydroxylation sites is 2. The maximum atomic E-state index is 12.8. The molecule has 1 amide bonds. The summed E-state index contributed by atoms with van der Waals surface area (Å²) in [5.74, 6) is -1.91. The largest absolute Gasteiger partial charge is 0.462 e. The molecule has 0 saturated heterocycles. The molecule has 0 fully saturated rings. The number of anilines is 1. The van der Waals surface area contributed by atoms with Crippen LogP contribution < -0.4 is 5.32 Å². The van der Waals surface area contributed by atoms with E-state index in [0.29, 0.717) is 21.6 Å². The van der Waals surface area contributed by atoms with Crippen LogP contribution in [-0.4, -0.2) is 40.5 Å². The highest BCUT2D eigenvalue weighted by molar-refractivity contribution is 7.15. The van der Waals surface area contributed by atoms with Gasteiger partial charge in [-0.05, 0) is 31.5 Å². The van der Waals surface area contributed by atoms with Gasteiger partial charge in [-0.15, -0.1) is 11.3 Å². The van der Waals surface area contributed by atoms with Crippen molar-refractivity contribution in [1.29, 1.82) is 0 Å². The summed E-state index contributed by atoms with van der Waals surface area (Å²) in [6.45, 7) is 3.34. The summed E-state index contributed by atoms with van der Waals surface area (Å²) in [5.41, 5.74) is 2.90. The number of hydrogen-bond acceptors (Lipinski definition) is 8. The lowest BCUT2D eigenvalue weighted by atomic mass is 10.0. The molecule has 172 valence electrons. The molecule has 2 aromatic heterocycles. The second-order valence-corrected chi connectivity index (χ2v) is 8.10. The van der Waals surface area contributed by atoms with Gasteiger partial charge in [0.1, 0.15) is 10.6 Å². The summed E-state index contributed by atoms with van der Waals surface area (Å²) < 4.78 is 10.5. The Hall–Kier alpha value is -4.11. The minimum absolute atomic E-state index is 0.00644. The topological polar surface area (TPSA) is 107 Å². The number of esters is 2. The number of carbonyl (C=O) groups excluding carboxylic acids is 3. The van der Waals surface area contributed by atoms with Crippen molar-refractivity contribution in [3.05, 3.63) is 77.4 Å². The van der Waals surface area contributed by atoms with Crippen molar-refractivity contribution in [2.75, 3.05) is 11.9 Å². The summed E-state index contributed by atoms with van der Waals surface area (Å²) in [4.78, 5) is 46.4. The first-order valence-corrected chi connectivity index (χ1v) is 11.4. The van der Waals surface area contributed by atoms with Crippen molar-refractivity contribution < 1.29 is 23.9 Å². The Morgan fingerprint density at radius 3 is 2.44 bits per heavy atom. The van der Waals surface area contributed by atoms with Crippen LogP contribution in [0.15, 0.2) is 66.2 Å². The van der Waals surface area contributed by atoms with Gasteiger partial charge in [-0.1, -0.05) is 42.5 Å². The normalized spacial score (nSPS) is 11.6. The van der Waals surface area contributed by atoms with Crippen LogP contribution in [0.2, 0.25) is 0 Å². The van der Waals surface area contributed by atoms with Gasteiger partial charge in [0, 0.05) is 10.9 Å². The molecule has 2 heterocycles. The molecule has 0 saturated carbocycles. The van der Waals surface area contributed by atoms with E-state index in [-0.39, 0.29) is 17.9 Å². The molecule has 4 rings (SSSR count). The predicted octanol–water partition coefficient (Wildman–Crippen LogP) is 4.72. The molecule has 1 unspecified atom stereocenters. The second-order valence-electron chi connectivity index (χ2n) is 7.22. The smallest absolute Gasteiger partial charge is 0.359 e. The molecule has 9 heteroatoms. The van der Waals surface area contributed by atoms with Crippen LogP contribution in [0.5, 0.6) is 0 Å². The Kier molecular flexibility index (Phi) is 6.93. The summed E-state index contributed by atoms with van der Waals surface area (Å²) in [6, 6.07) is 16.4. The first-order valence-electron chi connectivity index (χ1n) is 10.6. The molecule has 1 atom stereocenters. The quantitative estimate of drug-likeness (QED) is 0.385. The molecule has 0 radical (unpaired) electrons. The minimum atomic E-state index is -1.14. The van der Waals surface area contributed by atoms with E-state index < -0.39 is 23.9 Å². The highest BCUT2D eigenvalue weighted by Crippen LogP contribution is 2.36. The third-order valence-electron chi connectivity index (χ3n) is 4.90. The van der Waals surface area contributed by atoms with Crippen LogP contribution in [0.25, 0.3) is 22.2 Å². The molecule has 0 spiro atoms. The number of thiophene rings is 1. The third kappa shape index (κ3) is 4.94. The van der Waals surface area contributed by atoms with Crippen LogP contribution in [0.1, 0.15) is 34.7 Å². The number of nitrogens with one attached hydrogen (secondary N) is 1. The van der Waals surface area contributed by atoms with Crippen molar-refractivity contribution in [3.63, 3.8) is 0 Å². The van der Waals surface area contributed by atoms with Crippen LogP contribution in [-0.2, 0) is 14.3 Å². The number of amides is 1. The molecule has 0 aliphatic heterocycles. The number of carbonyl (C=O) groups is 3. The fourth-order valence-electron chi connectivity index (χ4n) is 3.23. The standard InChI is InChI=1S/C25H21N3O5S/c1-3-32-25(31)21-17(16-9-5-4-6-10-16)14-34-23(21)28-22(29)15(2)33-24(30)20-13-26-18-11-7-8-12-19(18)27-20/h4-15H,3H2,1-2H3,(H,28,29). The summed E-state index contributed by atoms with van der Waals surface area (Å²) >= 11 is 1.19. The van der Waals surface area contributed by atoms with Crippen molar-refractivity contribution in [3.8, 4) is 11.1 Å². The van der Waals surface area contributed by atoms with Gasteiger partial charge in [-0.25, -0.2) is 14.6 Å². The number of ether oxygens (including phenoxy) is 2. The van der Waals surface area contributed by atoms with Gasteiger partial charge in [0.2, 0.25) is 0 Å². The lowest BCUT2D eigenvalue weighted by Crippen LogP contribution is -2.30. The van der Waals surface area contributed by atoms with E-state index in [1.54, 1.807) is 30.5 Å². The molecular weight excluding hydrogens is 454 g/mol. The van der Waals surface area contributed by atoms with Gasteiger partial charge in [0.25, 0.3) is 5.91 Å². The zero-order chi connectivity index (χ0) is 24.1. The Morgan fingerprint density at radius 2 is 1.71 bits per heavy atom. The van der Waals surface area contributed by atoms with Gasteiger partial charge in [0.15, 0.2) is 11.8 Å². The van der Waals surface area contributed by atoms with E-state index in [0.717, 1.165) is 5.56 Å². The lowest BCUT2D eigenvalue weighted by molar-refractivity contribution is -0.123. The number of benzene rings is 2. The van der Waals surface area contributed by atoms with Crippen molar-refractivity contribution in [2.45, 2.75) is 20.0 Å². The van der Waals surface area contributed by atoms with Gasteiger partial charge < -0.3 is 14.8 Å². The molecular formula is C25H21N3O5S.